The second kappa shape index (κ2) is 3.68. The van der Waals surface area contributed by atoms with E-state index in [2.05, 4.69) is 0 Å². The number of thiophene rings is 1. The fourth-order valence-electron chi connectivity index (χ4n) is 0.712. The van der Waals surface area contributed by atoms with E-state index in [1.807, 2.05) is 17.5 Å². The first-order chi connectivity index (χ1) is 4.83. The molecular formula is C7H9FOS. The number of hydrogen-bond donors (Lipinski definition) is 1. The highest BCUT2D eigenvalue weighted by Crippen LogP contribution is 2.11. The van der Waals surface area contributed by atoms with Crippen LogP contribution < -0.4 is 0 Å². The Labute approximate surface area is 63.1 Å². The molecule has 1 aromatic rings. The zero-order valence-corrected chi connectivity index (χ0v) is 6.27. The Hall–Kier alpha value is -0.410. The first-order valence-corrected chi connectivity index (χ1v) is 3.98. The van der Waals surface area contributed by atoms with Crippen molar-refractivity contribution in [3.8, 4) is 0 Å². The van der Waals surface area contributed by atoms with Crippen molar-refractivity contribution in [3.63, 3.8) is 0 Å². The SMILES string of the molecule is OC[C@H](F)Cc1cccs1. The summed E-state index contributed by atoms with van der Waals surface area (Å²) in [6.07, 6.45) is -0.757. The predicted molar refractivity (Wildman–Crippen MR) is 40.0 cm³/mol. The van der Waals surface area contributed by atoms with Gasteiger partial charge in [-0.3, -0.25) is 0 Å². The normalized spacial score (nSPS) is 13.4. The molecule has 0 aliphatic carbocycles. The molecule has 0 amide bonds. The Morgan fingerprint density at radius 1 is 1.70 bits per heavy atom. The van der Waals surface area contributed by atoms with Gasteiger partial charge in [0.25, 0.3) is 0 Å². The van der Waals surface area contributed by atoms with Crippen molar-refractivity contribution in [2.24, 2.45) is 0 Å². The molecule has 0 saturated heterocycles. The van der Waals surface area contributed by atoms with Gasteiger partial charge in [0.2, 0.25) is 0 Å². The topological polar surface area (TPSA) is 20.2 Å². The molecule has 10 heavy (non-hydrogen) atoms. The highest BCUT2D eigenvalue weighted by Gasteiger charge is 2.05. The van der Waals surface area contributed by atoms with Crippen molar-refractivity contribution < 1.29 is 9.50 Å². The highest BCUT2D eigenvalue weighted by atomic mass is 32.1. The first kappa shape index (κ1) is 7.69. The van der Waals surface area contributed by atoms with Gasteiger partial charge in [-0.1, -0.05) is 6.07 Å². The van der Waals surface area contributed by atoms with Gasteiger partial charge in [0.15, 0.2) is 0 Å². The van der Waals surface area contributed by atoms with Crippen LogP contribution in [0.2, 0.25) is 0 Å². The standard InChI is InChI=1S/C7H9FOS/c8-6(5-9)4-7-2-1-3-10-7/h1-3,6,9H,4-5H2/t6-/m1/s1. The minimum absolute atomic E-state index is 0.341. The number of alkyl halides is 1. The lowest BCUT2D eigenvalue weighted by molar-refractivity contribution is 0.178. The molecule has 0 fully saturated rings. The van der Waals surface area contributed by atoms with Crippen LogP contribution in [0.1, 0.15) is 4.88 Å². The van der Waals surface area contributed by atoms with E-state index in [1.54, 1.807) is 0 Å². The second-order valence-electron chi connectivity index (χ2n) is 2.06. The second-order valence-corrected chi connectivity index (χ2v) is 3.10. The maximum absolute atomic E-state index is 12.5. The number of aliphatic hydroxyl groups is 1. The summed E-state index contributed by atoms with van der Waals surface area (Å²) >= 11 is 1.52. The average molecular weight is 160 g/mol. The van der Waals surface area contributed by atoms with E-state index in [4.69, 9.17) is 5.11 Å². The molecule has 0 saturated carbocycles. The van der Waals surface area contributed by atoms with Crippen molar-refractivity contribution in [1.29, 1.82) is 0 Å². The van der Waals surface area contributed by atoms with Crippen LogP contribution in [0.5, 0.6) is 0 Å². The van der Waals surface area contributed by atoms with E-state index in [0.29, 0.717) is 6.42 Å². The largest absolute Gasteiger partial charge is 0.393 e. The van der Waals surface area contributed by atoms with Crippen molar-refractivity contribution in [3.05, 3.63) is 22.4 Å². The van der Waals surface area contributed by atoms with E-state index in [0.717, 1.165) is 4.88 Å². The summed E-state index contributed by atoms with van der Waals surface area (Å²) in [5, 5.41) is 10.3. The van der Waals surface area contributed by atoms with Crippen LogP contribution in [-0.2, 0) is 6.42 Å². The lowest BCUT2D eigenvalue weighted by Gasteiger charge is -1.99. The summed E-state index contributed by atoms with van der Waals surface area (Å²) in [4.78, 5) is 0.988. The molecule has 0 bridgehead atoms. The minimum Gasteiger partial charge on any atom is -0.393 e. The summed E-state index contributed by atoms with van der Waals surface area (Å²) in [5.74, 6) is 0. The maximum Gasteiger partial charge on any atom is 0.128 e. The van der Waals surface area contributed by atoms with Crippen molar-refractivity contribution in [1.82, 2.24) is 0 Å². The fourth-order valence-corrected chi connectivity index (χ4v) is 1.48. The average Bonchev–Trinajstić information content (AvgIpc) is 2.40. The summed E-state index contributed by atoms with van der Waals surface area (Å²) in [5.41, 5.74) is 0. The lowest BCUT2D eigenvalue weighted by atomic mass is 10.2. The van der Waals surface area contributed by atoms with Crippen molar-refractivity contribution in [2.75, 3.05) is 6.61 Å². The van der Waals surface area contributed by atoms with E-state index < -0.39 is 6.17 Å². The van der Waals surface area contributed by atoms with E-state index in [1.165, 1.54) is 11.3 Å². The molecule has 0 aliphatic heterocycles. The van der Waals surface area contributed by atoms with E-state index in [9.17, 15) is 4.39 Å². The quantitative estimate of drug-likeness (QED) is 0.712. The fraction of sp³-hybridized carbons (Fsp3) is 0.429. The molecule has 3 heteroatoms. The third kappa shape index (κ3) is 2.08. The monoisotopic (exact) mass is 160 g/mol. The molecular weight excluding hydrogens is 151 g/mol. The van der Waals surface area contributed by atoms with Gasteiger partial charge in [-0.2, -0.15) is 0 Å². The first-order valence-electron chi connectivity index (χ1n) is 3.10. The van der Waals surface area contributed by atoms with Gasteiger partial charge in [0.1, 0.15) is 6.17 Å². The molecule has 0 radical (unpaired) electrons. The van der Waals surface area contributed by atoms with Crippen LogP contribution in [0.15, 0.2) is 17.5 Å². The number of rotatable bonds is 3. The van der Waals surface area contributed by atoms with Crippen molar-refractivity contribution in [2.45, 2.75) is 12.6 Å². The van der Waals surface area contributed by atoms with Crippen LogP contribution in [0.3, 0.4) is 0 Å². The number of halogens is 1. The summed E-state index contributed by atoms with van der Waals surface area (Å²) in [7, 11) is 0. The molecule has 0 aliphatic rings. The Kier molecular flexibility index (Phi) is 2.83. The molecule has 56 valence electrons. The van der Waals surface area contributed by atoms with Crippen LogP contribution in [0, 0.1) is 0 Å². The van der Waals surface area contributed by atoms with Gasteiger partial charge in [0, 0.05) is 11.3 Å². The summed E-state index contributed by atoms with van der Waals surface area (Å²) in [6, 6.07) is 3.75. The maximum atomic E-state index is 12.5. The third-order valence-corrected chi connectivity index (χ3v) is 2.10. The van der Waals surface area contributed by atoms with Gasteiger partial charge in [-0.25, -0.2) is 4.39 Å². The van der Waals surface area contributed by atoms with Crippen LogP contribution >= 0.6 is 11.3 Å². The Morgan fingerprint density at radius 3 is 3.00 bits per heavy atom. The molecule has 1 nitrogen and oxygen atoms in total. The molecule has 1 atom stereocenters. The summed E-state index contributed by atoms with van der Waals surface area (Å²) in [6.45, 7) is -0.377. The molecule has 0 spiro atoms. The number of aliphatic hydroxyl groups excluding tert-OH is 1. The van der Waals surface area contributed by atoms with Crippen molar-refractivity contribution >= 4 is 11.3 Å². The zero-order chi connectivity index (χ0) is 7.40. The number of hydrogen-bond acceptors (Lipinski definition) is 2. The van der Waals surface area contributed by atoms with Crippen LogP contribution in [-0.4, -0.2) is 17.9 Å². The molecule has 1 aromatic heterocycles. The van der Waals surface area contributed by atoms with Gasteiger partial charge in [-0.15, -0.1) is 11.3 Å². The zero-order valence-electron chi connectivity index (χ0n) is 5.46. The smallest absolute Gasteiger partial charge is 0.128 e. The highest BCUT2D eigenvalue weighted by molar-refractivity contribution is 7.09. The molecule has 1 N–H and O–H groups in total. The predicted octanol–water partition coefficient (Wildman–Crippen LogP) is 1.62. The molecule has 1 heterocycles. The summed E-state index contributed by atoms with van der Waals surface area (Å²) < 4.78 is 12.5. The van der Waals surface area contributed by atoms with Crippen LogP contribution in [0.25, 0.3) is 0 Å². The minimum atomic E-state index is -1.10. The van der Waals surface area contributed by atoms with Gasteiger partial charge >= 0.3 is 0 Å². The van der Waals surface area contributed by atoms with Gasteiger partial charge < -0.3 is 5.11 Å². The molecule has 1 rings (SSSR count). The Bertz CT molecular complexity index is 174. The Morgan fingerprint density at radius 2 is 2.50 bits per heavy atom. The van der Waals surface area contributed by atoms with Crippen LogP contribution in [0.4, 0.5) is 4.39 Å². The van der Waals surface area contributed by atoms with Gasteiger partial charge in [0.05, 0.1) is 6.61 Å². The van der Waals surface area contributed by atoms with Gasteiger partial charge in [-0.05, 0) is 11.4 Å². The molecule has 0 unspecified atom stereocenters. The third-order valence-electron chi connectivity index (χ3n) is 1.20. The Balaban J connectivity index is 2.40. The lowest BCUT2D eigenvalue weighted by Crippen LogP contribution is -2.08. The van der Waals surface area contributed by atoms with E-state index in [-0.39, 0.29) is 6.61 Å². The van der Waals surface area contributed by atoms with E-state index >= 15 is 0 Å². The molecule has 0 aromatic carbocycles.